The quantitative estimate of drug-likeness (QED) is 0.407. The molecule has 3 aromatic carbocycles. The lowest BCUT2D eigenvalue weighted by Gasteiger charge is -2.11. The van der Waals surface area contributed by atoms with Crippen LogP contribution in [0.2, 0.25) is 0 Å². The summed E-state index contributed by atoms with van der Waals surface area (Å²) in [5, 5.41) is 1.16. The first-order valence-electron chi connectivity index (χ1n) is 7.52. The van der Waals surface area contributed by atoms with E-state index in [0.29, 0.717) is 0 Å². The van der Waals surface area contributed by atoms with E-state index in [1.807, 2.05) is 18.3 Å². The van der Waals surface area contributed by atoms with Crippen molar-refractivity contribution in [2.75, 3.05) is 0 Å². The topological polar surface area (TPSA) is 12.9 Å². The van der Waals surface area contributed by atoms with Gasteiger partial charge in [-0.2, -0.15) is 0 Å². The Morgan fingerprint density at radius 2 is 1.30 bits per heavy atom. The number of fused-ring (bicyclic) bond motifs is 1. The highest BCUT2D eigenvalue weighted by Gasteiger charge is 2.10. The second-order valence-electron chi connectivity index (χ2n) is 5.45. The first-order chi connectivity index (χ1) is 11.3. The van der Waals surface area contributed by atoms with Crippen LogP contribution in [0.5, 0.6) is 0 Å². The summed E-state index contributed by atoms with van der Waals surface area (Å²) in [6.07, 6.45) is 1.88. The van der Waals surface area contributed by atoms with Crippen LogP contribution in [0.4, 0.5) is 0 Å². The number of hydrogen-bond acceptors (Lipinski definition) is 1. The summed E-state index contributed by atoms with van der Waals surface area (Å²) in [7, 11) is 0. The molecule has 0 aliphatic heterocycles. The highest BCUT2D eigenvalue weighted by atomic mass is 79.9. The van der Waals surface area contributed by atoms with Crippen molar-refractivity contribution in [1.82, 2.24) is 4.98 Å². The van der Waals surface area contributed by atoms with Crippen molar-refractivity contribution in [3.63, 3.8) is 0 Å². The Morgan fingerprint density at radius 3 is 2.00 bits per heavy atom. The van der Waals surface area contributed by atoms with Crippen molar-refractivity contribution < 1.29 is 0 Å². The Kier molecular flexibility index (Phi) is 3.68. The molecule has 4 rings (SSSR count). The third kappa shape index (κ3) is 2.66. The van der Waals surface area contributed by atoms with E-state index in [2.05, 4.69) is 87.6 Å². The fourth-order valence-corrected chi connectivity index (χ4v) is 3.42. The van der Waals surface area contributed by atoms with Crippen LogP contribution in [-0.2, 0) is 0 Å². The number of rotatable bonds is 2. The number of nitrogens with zero attached hydrogens (tertiary/aromatic N) is 1. The van der Waals surface area contributed by atoms with Gasteiger partial charge in [0.2, 0.25) is 0 Å². The van der Waals surface area contributed by atoms with Crippen LogP contribution in [0.15, 0.2) is 89.5 Å². The van der Waals surface area contributed by atoms with Crippen molar-refractivity contribution in [2.24, 2.45) is 0 Å². The van der Waals surface area contributed by atoms with Gasteiger partial charge in [-0.05, 0) is 44.8 Å². The van der Waals surface area contributed by atoms with E-state index in [4.69, 9.17) is 0 Å². The average Bonchev–Trinajstić information content (AvgIpc) is 2.62. The van der Waals surface area contributed by atoms with E-state index < -0.39 is 0 Å². The summed E-state index contributed by atoms with van der Waals surface area (Å²) >= 11 is 3.67. The molecular formula is C21H14BrN. The largest absolute Gasteiger partial charge is 0.255 e. The summed E-state index contributed by atoms with van der Waals surface area (Å²) in [6, 6.07) is 27.3. The van der Waals surface area contributed by atoms with E-state index in [9.17, 15) is 0 Å². The summed E-state index contributed by atoms with van der Waals surface area (Å²) in [6.45, 7) is 0. The van der Waals surface area contributed by atoms with Gasteiger partial charge >= 0.3 is 0 Å². The molecule has 0 unspecified atom stereocenters. The predicted octanol–water partition coefficient (Wildman–Crippen LogP) is 6.33. The molecule has 1 nitrogen and oxygen atoms in total. The molecule has 0 radical (unpaired) electrons. The number of hydrogen-bond donors (Lipinski definition) is 0. The standard InChI is InChI=1S/C21H14BrN/c22-19-14-23-20-12-11-17(15-7-3-1-4-8-15)13-18(20)21(19)16-9-5-2-6-10-16/h1-14H. The molecule has 1 heterocycles. The summed E-state index contributed by atoms with van der Waals surface area (Å²) < 4.78 is 1.02. The molecule has 0 spiro atoms. The highest BCUT2D eigenvalue weighted by molar-refractivity contribution is 9.10. The van der Waals surface area contributed by atoms with Crippen LogP contribution in [0.3, 0.4) is 0 Å². The molecule has 0 saturated heterocycles. The fourth-order valence-electron chi connectivity index (χ4n) is 2.88. The van der Waals surface area contributed by atoms with E-state index in [0.717, 1.165) is 15.4 Å². The third-order valence-electron chi connectivity index (χ3n) is 3.99. The molecule has 0 fully saturated rings. The summed E-state index contributed by atoms with van der Waals surface area (Å²) in [5.74, 6) is 0. The van der Waals surface area contributed by atoms with Gasteiger partial charge in [-0.15, -0.1) is 0 Å². The maximum atomic E-state index is 4.55. The fraction of sp³-hybridized carbons (Fsp3) is 0. The number of aromatic nitrogens is 1. The molecule has 0 saturated carbocycles. The summed E-state index contributed by atoms with van der Waals surface area (Å²) in [4.78, 5) is 4.55. The molecule has 4 aromatic rings. The van der Waals surface area contributed by atoms with Crippen LogP contribution in [0, 0.1) is 0 Å². The molecule has 0 N–H and O–H groups in total. The van der Waals surface area contributed by atoms with Gasteiger partial charge in [0.15, 0.2) is 0 Å². The summed E-state index contributed by atoms with van der Waals surface area (Å²) in [5.41, 5.74) is 5.81. The molecule has 0 atom stereocenters. The molecule has 0 bridgehead atoms. The van der Waals surface area contributed by atoms with Gasteiger partial charge in [0, 0.05) is 21.6 Å². The highest BCUT2D eigenvalue weighted by Crippen LogP contribution is 2.36. The van der Waals surface area contributed by atoms with Gasteiger partial charge in [-0.25, -0.2) is 0 Å². The monoisotopic (exact) mass is 359 g/mol. The van der Waals surface area contributed by atoms with Crippen LogP contribution < -0.4 is 0 Å². The van der Waals surface area contributed by atoms with Gasteiger partial charge in [0.05, 0.1) is 5.52 Å². The minimum absolute atomic E-state index is 1.01. The molecule has 110 valence electrons. The molecule has 23 heavy (non-hydrogen) atoms. The van der Waals surface area contributed by atoms with Crippen LogP contribution in [-0.4, -0.2) is 4.98 Å². The third-order valence-corrected chi connectivity index (χ3v) is 4.59. The lowest BCUT2D eigenvalue weighted by molar-refractivity contribution is 1.39. The van der Waals surface area contributed by atoms with Crippen molar-refractivity contribution in [3.8, 4) is 22.3 Å². The smallest absolute Gasteiger partial charge is 0.0709 e. The lowest BCUT2D eigenvalue weighted by Crippen LogP contribution is -1.88. The maximum absolute atomic E-state index is 4.55. The minimum Gasteiger partial charge on any atom is -0.255 e. The molecular weight excluding hydrogens is 346 g/mol. The van der Waals surface area contributed by atoms with Crippen molar-refractivity contribution in [3.05, 3.63) is 89.5 Å². The van der Waals surface area contributed by atoms with Gasteiger partial charge in [0.25, 0.3) is 0 Å². The Hall–Kier alpha value is -2.45. The zero-order valence-corrected chi connectivity index (χ0v) is 14.0. The van der Waals surface area contributed by atoms with Crippen LogP contribution in [0.1, 0.15) is 0 Å². The Labute approximate surface area is 143 Å². The van der Waals surface area contributed by atoms with Crippen molar-refractivity contribution in [1.29, 1.82) is 0 Å². The van der Waals surface area contributed by atoms with E-state index >= 15 is 0 Å². The predicted molar refractivity (Wildman–Crippen MR) is 100 cm³/mol. The van der Waals surface area contributed by atoms with E-state index in [1.54, 1.807) is 0 Å². The average molecular weight is 360 g/mol. The van der Waals surface area contributed by atoms with Gasteiger partial charge < -0.3 is 0 Å². The van der Waals surface area contributed by atoms with E-state index in [-0.39, 0.29) is 0 Å². The van der Waals surface area contributed by atoms with Gasteiger partial charge in [-0.3, -0.25) is 4.98 Å². The normalized spacial score (nSPS) is 10.8. The van der Waals surface area contributed by atoms with Crippen LogP contribution in [0.25, 0.3) is 33.2 Å². The molecule has 0 aliphatic carbocycles. The maximum Gasteiger partial charge on any atom is 0.0709 e. The first-order valence-corrected chi connectivity index (χ1v) is 8.31. The zero-order chi connectivity index (χ0) is 15.6. The lowest BCUT2D eigenvalue weighted by atomic mass is 9.97. The number of pyridine rings is 1. The number of halogens is 1. The van der Waals surface area contributed by atoms with Gasteiger partial charge in [0.1, 0.15) is 0 Å². The molecule has 0 amide bonds. The second kappa shape index (κ2) is 5.98. The van der Waals surface area contributed by atoms with Crippen molar-refractivity contribution in [2.45, 2.75) is 0 Å². The Balaban J connectivity index is 2.00. The number of benzene rings is 3. The van der Waals surface area contributed by atoms with Gasteiger partial charge in [-0.1, -0.05) is 66.7 Å². The molecule has 2 heteroatoms. The minimum atomic E-state index is 1.01. The SMILES string of the molecule is Brc1cnc2ccc(-c3ccccc3)cc2c1-c1ccccc1. The Morgan fingerprint density at radius 1 is 0.652 bits per heavy atom. The van der Waals surface area contributed by atoms with Crippen molar-refractivity contribution >= 4 is 26.8 Å². The van der Waals surface area contributed by atoms with Crippen LogP contribution >= 0.6 is 15.9 Å². The Bertz CT molecular complexity index is 963. The first kappa shape index (κ1) is 14.2. The molecule has 0 aliphatic rings. The zero-order valence-electron chi connectivity index (χ0n) is 12.4. The van der Waals surface area contributed by atoms with E-state index in [1.165, 1.54) is 22.3 Å². The molecule has 1 aromatic heterocycles. The second-order valence-corrected chi connectivity index (χ2v) is 6.30.